The largest absolute Gasteiger partial charge is 0.456 e. The van der Waals surface area contributed by atoms with Gasteiger partial charge in [-0.2, -0.15) is 5.10 Å². The number of nitrogens with zero attached hydrogens (tertiary/aromatic N) is 4. The van der Waals surface area contributed by atoms with Crippen molar-refractivity contribution in [3.8, 4) is 0 Å². The van der Waals surface area contributed by atoms with E-state index in [1.807, 2.05) is 47.9 Å². The molecule has 4 heterocycles. The van der Waals surface area contributed by atoms with Gasteiger partial charge in [0.05, 0.1) is 5.69 Å². The van der Waals surface area contributed by atoms with E-state index in [1.165, 1.54) is 30.3 Å². The lowest BCUT2D eigenvalue weighted by Gasteiger charge is -2.10. The minimum absolute atomic E-state index is 0.278. The van der Waals surface area contributed by atoms with Crippen molar-refractivity contribution in [3.63, 3.8) is 0 Å². The second-order valence-electron chi connectivity index (χ2n) is 9.03. The molecule has 36 heavy (non-hydrogen) atoms. The van der Waals surface area contributed by atoms with Gasteiger partial charge >= 0.3 is 0 Å². The highest BCUT2D eigenvalue weighted by Crippen LogP contribution is 2.42. The molecule has 1 amide bonds. The van der Waals surface area contributed by atoms with Gasteiger partial charge in [-0.15, -0.1) is 0 Å². The van der Waals surface area contributed by atoms with E-state index < -0.39 is 0 Å². The predicted molar refractivity (Wildman–Crippen MR) is 138 cm³/mol. The van der Waals surface area contributed by atoms with Crippen molar-refractivity contribution in [2.45, 2.75) is 49.5 Å². The number of aryl methyl sites for hydroxylation is 2. The summed E-state index contributed by atoms with van der Waals surface area (Å²) < 4.78 is 7.33. The summed E-state index contributed by atoms with van der Waals surface area (Å²) in [6.45, 7) is 5.86. The Hall–Kier alpha value is -4.05. The van der Waals surface area contributed by atoms with E-state index in [4.69, 9.17) is 9.40 Å². The molecule has 4 aromatic heterocycles. The van der Waals surface area contributed by atoms with Crippen LogP contribution in [-0.2, 0) is 0 Å². The molecule has 10 heteroatoms. The van der Waals surface area contributed by atoms with Crippen molar-refractivity contribution in [2.75, 3.05) is 10.6 Å². The van der Waals surface area contributed by atoms with E-state index in [1.54, 1.807) is 19.1 Å². The van der Waals surface area contributed by atoms with Crippen LogP contribution in [0.15, 0.2) is 63.0 Å². The normalized spacial score (nSPS) is 13.3. The molecule has 9 nitrogen and oxygen atoms in total. The Morgan fingerprint density at radius 2 is 1.92 bits per heavy atom. The molecule has 1 aromatic carbocycles. The summed E-state index contributed by atoms with van der Waals surface area (Å²) in [4.78, 5) is 22.8. The van der Waals surface area contributed by atoms with Crippen LogP contribution in [0.2, 0.25) is 0 Å². The second kappa shape index (κ2) is 8.87. The number of carbonyl (C=O) groups is 1. The molecule has 1 aliphatic carbocycles. The fourth-order valence-corrected chi connectivity index (χ4v) is 4.92. The number of rotatable bonds is 7. The van der Waals surface area contributed by atoms with Gasteiger partial charge < -0.3 is 15.1 Å². The van der Waals surface area contributed by atoms with Gasteiger partial charge in [0, 0.05) is 40.0 Å². The molecule has 1 aliphatic rings. The zero-order chi connectivity index (χ0) is 24.8. The van der Waals surface area contributed by atoms with Crippen molar-refractivity contribution in [1.82, 2.24) is 24.6 Å². The maximum atomic E-state index is 12.3. The smallest absolute Gasteiger partial charge is 0.291 e. The van der Waals surface area contributed by atoms with Crippen molar-refractivity contribution >= 4 is 40.8 Å². The average Bonchev–Trinajstić information content (AvgIpc) is 3.31. The molecule has 1 fully saturated rings. The molecular formula is C26H25N7O2S. The highest BCUT2D eigenvalue weighted by Gasteiger charge is 2.28. The first-order chi connectivity index (χ1) is 17.4. The molecular weight excluding hydrogens is 474 g/mol. The number of anilines is 3. The van der Waals surface area contributed by atoms with Crippen LogP contribution in [0.5, 0.6) is 0 Å². The van der Waals surface area contributed by atoms with E-state index >= 15 is 0 Å². The molecule has 6 rings (SSSR count). The number of aromatic nitrogens is 5. The van der Waals surface area contributed by atoms with Gasteiger partial charge in [-0.3, -0.25) is 14.3 Å². The van der Waals surface area contributed by atoms with Gasteiger partial charge in [-0.05, 0) is 70.0 Å². The van der Waals surface area contributed by atoms with Crippen molar-refractivity contribution in [1.29, 1.82) is 0 Å². The molecule has 0 saturated heterocycles. The zero-order valence-corrected chi connectivity index (χ0v) is 20.9. The van der Waals surface area contributed by atoms with Crippen molar-refractivity contribution in [2.24, 2.45) is 0 Å². The number of fused-ring (bicyclic) bond motifs is 1. The lowest BCUT2D eigenvalue weighted by Crippen LogP contribution is -2.10. The molecule has 0 unspecified atom stereocenters. The van der Waals surface area contributed by atoms with Crippen LogP contribution in [0.1, 0.15) is 52.0 Å². The van der Waals surface area contributed by atoms with Crippen LogP contribution in [0.3, 0.4) is 0 Å². The SMILES string of the molecule is Cc1cn2c(Nc3n[nH]c(C4CC4)c3C)nc(Sc3ccc(NC(=O)c4ccc(C)o4)cc3)cc2n1. The van der Waals surface area contributed by atoms with E-state index in [-0.39, 0.29) is 11.7 Å². The number of aromatic amines is 1. The van der Waals surface area contributed by atoms with Crippen molar-refractivity contribution < 1.29 is 9.21 Å². The third kappa shape index (κ3) is 4.47. The number of H-pyrrole nitrogens is 1. The molecule has 0 radical (unpaired) electrons. The predicted octanol–water partition coefficient (Wildman–Crippen LogP) is 6.00. The standard InChI is InChI=1S/C26H25N7O2S/c1-14-13-33-21(27-14)12-22(29-26(33)30-24-16(3)23(31-32-24)17-5-6-17)36-19-9-7-18(8-10-19)28-25(34)20-11-4-15(2)35-20/h4,7-13,17H,5-6H2,1-3H3,(H,28,34)(H2,29,30,31,32). The number of imidazole rings is 1. The molecule has 5 aromatic rings. The fourth-order valence-electron chi connectivity index (χ4n) is 4.11. The minimum Gasteiger partial charge on any atom is -0.456 e. The highest BCUT2D eigenvalue weighted by atomic mass is 32.2. The summed E-state index contributed by atoms with van der Waals surface area (Å²) in [6.07, 6.45) is 4.38. The molecule has 0 aliphatic heterocycles. The third-order valence-electron chi connectivity index (χ3n) is 6.11. The van der Waals surface area contributed by atoms with E-state index in [9.17, 15) is 4.79 Å². The molecule has 3 N–H and O–H groups in total. The summed E-state index contributed by atoms with van der Waals surface area (Å²) >= 11 is 1.52. The van der Waals surface area contributed by atoms with Gasteiger partial charge in [0.15, 0.2) is 11.6 Å². The van der Waals surface area contributed by atoms with Crippen LogP contribution >= 0.6 is 11.8 Å². The zero-order valence-electron chi connectivity index (χ0n) is 20.1. The quantitative estimate of drug-likeness (QED) is 0.236. The average molecular weight is 500 g/mol. The number of amides is 1. The first-order valence-electron chi connectivity index (χ1n) is 11.8. The maximum Gasteiger partial charge on any atom is 0.291 e. The Morgan fingerprint density at radius 3 is 2.64 bits per heavy atom. The summed E-state index contributed by atoms with van der Waals surface area (Å²) in [7, 11) is 0. The minimum atomic E-state index is -0.278. The van der Waals surface area contributed by atoms with E-state index in [0.717, 1.165) is 32.6 Å². The van der Waals surface area contributed by atoms with Gasteiger partial charge in [0.1, 0.15) is 16.4 Å². The Kier molecular flexibility index (Phi) is 5.52. The summed E-state index contributed by atoms with van der Waals surface area (Å²) in [5, 5.41) is 14.7. The topological polar surface area (TPSA) is 113 Å². The first kappa shape index (κ1) is 22.4. The highest BCUT2D eigenvalue weighted by molar-refractivity contribution is 7.99. The molecule has 0 spiro atoms. The maximum absolute atomic E-state index is 12.3. The monoisotopic (exact) mass is 499 g/mol. The molecule has 0 bridgehead atoms. The van der Waals surface area contributed by atoms with Gasteiger partial charge in [-0.25, -0.2) is 9.97 Å². The number of hydrogen-bond donors (Lipinski definition) is 3. The Labute approximate surface area is 211 Å². The first-order valence-corrected chi connectivity index (χ1v) is 12.6. The van der Waals surface area contributed by atoms with Gasteiger partial charge in [0.25, 0.3) is 5.91 Å². The second-order valence-corrected chi connectivity index (χ2v) is 10.1. The van der Waals surface area contributed by atoms with E-state index in [0.29, 0.717) is 23.3 Å². The van der Waals surface area contributed by atoms with Crippen molar-refractivity contribution in [3.05, 3.63) is 77.1 Å². The number of nitrogens with one attached hydrogen (secondary N) is 3. The van der Waals surface area contributed by atoms with Crippen LogP contribution in [0, 0.1) is 20.8 Å². The molecule has 1 saturated carbocycles. The van der Waals surface area contributed by atoms with Crippen LogP contribution in [0.4, 0.5) is 17.5 Å². The third-order valence-corrected chi connectivity index (χ3v) is 7.04. The number of furan rings is 1. The fraction of sp³-hybridized carbons (Fsp3) is 0.231. The number of benzene rings is 1. The van der Waals surface area contributed by atoms with Gasteiger partial charge in [-0.1, -0.05) is 11.8 Å². The Morgan fingerprint density at radius 1 is 1.11 bits per heavy atom. The molecule has 0 atom stereocenters. The van der Waals surface area contributed by atoms with E-state index in [2.05, 4.69) is 32.7 Å². The van der Waals surface area contributed by atoms with Gasteiger partial charge in [0.2, 0.25) is 5.95 Å². The summed E-state index contributed by atoms with van der Waals surface area (Å²) in [5.74, 6) is 2.74. The lowest BCUT2D eigenvalue weighted by atomic mass is 10.2. The summed E-state index contributed by atoms with van der Waals surface area (Å²) in [6, 6.07) is 13.0. The van der Waals surface area contributed by atoms with Crippen LogP contribution in [0.25, 0.3) is 5.65 Å². The molecule has 182 valence electrons. The Bertz CT molecular complexity index is 1580. The number of hydrogen-bond acceptors (Lipinski definition) is 7. The van der Waals surface area contributed by atoms with Crippen LogP contribution < -0.4 is 10.6 Å². The lowest BCUT2D eigenvalue weighted by molar-refractivity contribution is 0.0995. The number of carbonyl (C=O) groups excluding carboxylic acids is 1. The summed E-state index contributed by atoms with van der Waals surface area (Å²) in [5.41, 5.74) is 4.74. The Balaban J connectivity index is 1.22. The van der Waals surface area contributed by atoms with Crippen LogP contribution in [-0.4, -0.2) is 30.5 Å².